The van der Waals surface area contributed by atoms with Crippen molar-refractivity contribution in [1.29, 1.82) is 0 Å². The van der Waals surface area contributed by atoms with Crippen molar-refractivity contribution in [2.45, 2.75) is 32.6 Å². The summed E-state index contributed by atoms with van der Waals surface area (Å²) >= 11 is 3.05. The first-order valence-corrected chi connectivity index (χ1v) is 6.12. The van der Waals surface area contributed by atoms with E-state index in [9.17, 15) is 8.78 Å². The quantitative estimate of drug-likeness (QED) is 0.787. The minimum Gasteiger partial charge on any atom is -0.370 e. The van der Waals surface area contributed by atoms with Gasteiger partial charge in [0.05, 0.1) is 0 Å². The molecule has 90 valence electrons. The SMILES string of the molecule is CCCCCNc1cc(C(F)F)c(Br)cn1. The molecular weight excluding hydrogens is 278 g/mol. The van der Waals surface area contributed by atoms with Gasteiger partial charge in [-0.2, -0.15) is 0 Å². The fraction of sp³-hybridized carbons (Fsp3) is 0.545. The van der Waals surface area contributed by atoms with E-state index in [1.807, 2.05) is 0 Å². The second kappa shape index (κ2) is 6.78. The van der Waals surface area contributed by atoms with E-state index in [0.29, 0.717) is 10.3 Å². The Hall–Kier alpha value is -0.710. The van der Waals surface area contributed by atoms with Crippen LogP contribution in [0.2, 0.25) is 0 Å². The lowest BCUT2D eigenvalue weighted by Crippen LogP contribution is -2.04. The normalized spacial score (nSPS) is 10.8. The highest BCUT2D eigenvalue weighted by Crippen LogP contribution is 2.28. The second-order valence-corrected chi connectivity index (χ2v) is 4.38. The average molecular weight is 293 g/mol. The first-order chi connectivity index (χ1) is 7.65. The monoisotopic (exact) mass is 292 g/mol. The number of hydrogen-bond donors (Lipinski definition) is 1. The van der Waals surface area contributed by atoms with Crippen molar-refractivity contribution in [2.75, 3.05) is 11.9 Å². The Labute approximate surface area is 103 Å². The van der Waals surface area contributed by atoms with E-state index in [-0.39, 0.29) is 5.56 Å². The number of unbranched alkanes of at least 4 members (excludes halogenated alkanes) is 2. The lowest BCUT2D eigenvalue weighted by atomic mass is 10.2. The molecule has 0 aliphatic heterocycles. The molecule has 1 heterocycles. The van der Waals surface area contributed by atoms with E-state index in [4.69, 9.17) is 0 Å². The molecule has 0 unspecified atom stereocenters. The number of hydrogen-bond acceptors (Lipinski definition) is 2. The molecule has 0 atom stereocenters. The summed E-state index contributed by atoms with van der Waals surface area (Å²) < 4.78 is 25.5. The fourth-order valence-electron chi connectivity index (χ4n) is 1.31. The van der Waals surface area contributed by atoms with Crippen LogP contribution in [-0.2, 0) is 0 Å². The molecule has 1 aromatic heterocycles. The van der Waals surface area contributed by atoms with Crippen LogP contribution in [0.3, 0.4) is 0 Å². The van der Waals surface area contributed by atoms with Gasteiger partial charge >= 0.3 is 0 Å². The van der Waals surface area contributed by atoms with Crippen molar-refractivity contribution in [2.24, 2.45) is 0 Å². The van der Waals surface area contributed by atoms with Crippen LogP contribution >= 0.6 is 15.9 Å². The molecule has 16 heavy (non-hydrogen) atoms. The van der Waals surface area contributed by atoms with Crippen LogP contribution in [0, 0.1) is 0 Å². The average Bonchev–Trinajstić information content (AvgIpc) is 2.26. The van der Waals surface area contributed by atoms with Crippen LogP contribution in [0.4, 0.5) is 14.6 Å². The Bertz CT molecular complexity index is 332. The summed E-state index contributed by atoms with van der Waals surface area (Å²) in [5.74, 6) is 0.509. The van der Waals surface area contributed by atoms with Gasteiger partial charge in [-0.15, -0.1) is 0 Å². The molecule has 2 nitrogen and oxygen atoms in total. The molecular formula is C11H15BrF2N2. The highest BCUT2D eigenvalue weighted by molar-refractivity contribution is 9.10. The van der Waals surface area contributed by atoms with Crippen LogP contribution in [-0.4, -0.2) is 11.5 Å². The number of rotatable bonds is 6. The Morgan fingerprint density at radius 3 is 2.81 bits per heavy atom. The second-order valence-electron chi connectivity index (χ2n) is 3.53. The first kappa shape index (κ1) is 13.4. The summed E-state index contributed by atoms with van der Waals surface area (Å²) in [7, 11) is 0. The van der Waals surface area contributed by atoms with Gasteiger partial charge in [0.25, 0.3) is 6.43 Å². The standard InChI is InChI=1S/C11H15BrF2N2/c1-2-3-4-5-15-10-6-8(11(13)14)9(12)7-16-10/h6-7,11H,2-5H2,1H3,(H,15,16). The van der Waals surface area contributed by atoms with Gasteiger partial charge in [-0.3, -0.25) is 0 Å². The molecule has 0 amide bonds. The molecule has 0 aromatic carbocycles. The maximum atomic E-state index is 12.6. The van der Waals surface area contributed by atoms with Crippen LogP contribution in [0.5, 0.6) is 0 Å². The topological polar surface area (TPSA) is 24.9 Å². The largest absolute Gasteiger partial charge is 0.370 e. The van der Waals surface area contributed by atoms with Gasteiger partial charge in [-0.05, 0) is 28.4 Å². The third-order valence-corrected chi connectivity index (χ3v) is 2.87. The fourth-order valence-corrected chi connectivity index (χ4v) is 1.70. The Balaban J connectivity index is 2.57. The van der Waals surface area contributed by atoms with Gasteiger partial charge in [0.1, 0.15) is 5.82 Å². The van der Waals surface area contributed by atoms with Crippen LogP contribution in [0.15, 0.2) is 16.7 Å². The molecule has 0 saturated heterocycles. The van der Waals surface area contributed by atoms with Crippen molar-refractivity contribution in [3.63, 3.8) is 0 Å². The van der Waals surface area contributed by atoms with Gasteiger partial charge in [-0.1, -0.05) is 19.8 Å². The lowest BCUT2D eigenvalue weighted by Gasteiger charge is -2.08. The Morgan fingerprint density at radius 1 is 1.44 bits per heavy atom. The summed E-state index contributed by atoms with van der Waals surface area (Å²) in [4.78, 5) is 4.03. The molecule has 5 heteroatoms. The minimum absolute atomic E-state index is 0.0204. The first-order valence-electron chi connectivity index (χ1n) is 5.32. The molecule has 0 fully saturated rings. The predicted octanol–water partition coefficient (Wildman–Crippen LogP) is 4.38. The predicted molar refractivity (Wildman–Crippen MR) is 64.9 cm³/mol. The van der Waals surface area contributed by atoms with Gasteiger partial charge in [0, 0.05) is 22.8 Å². The molecule has 1 N–H and O–H groups in total. The molecule has 1 rings (SSSR count). The van der Waals surface area contributed by atoms with Crippen molar-refractivity contribution in [1.82, 2.24) is 4.98 Å². The maximum Gasteiger partial charge on any atom is 0.265 e. The van der Waals surface area contributed by atoms with Gasteiger partial charge in [0.15, 0.2) is 0 Å². The maximum absolute atomic E-state index is 12.6. The van der Waals surface area contributed by atoms with Crippen molar-refractivity contribution < 1.29 is 8.78 Å². The van der Waals surface area contributed by atoms with E-state index < -0.39 is 6.43 Å². The highest BCUT2D eigenvalue weighted by Gasteiger charge is 2.12. The molecule has 0 aliphatic rings. The minimum atomic E-state index is -2.48. The summed E-state index contributed by atoms with van der Waals surface area (Å²) in [6.07, 6.45) is 2.22. The number of anilines is 1. The Kier molecular flexibility index (Phi) is 5.66. The summed E-state index contributed by atoms with van der Waals surface area (Å²) in [5.41, 5.74) is -0.0204. The molecule has 0 bridgehead atoms. The van der Waals surface area contributed by atoms with Gasteiger partial charge in [0.2, 0.25) is 0 Å². The van der Waals surface area contributed by atoms with Crippen molar-refractivity contribution in [3.05, 3.63) is 22.3 Å². The molecule has 0 aliphatic carbocycles. The zero-order chi connectivity index (χ0) is 12.0. The summed E-state index contributed by atoms with van der Waals surface area (Å²) in [6.45, 7) is 2.89. The smallest absolute Gasteiger partial charge is 0.265 e. The third kappa shape index (κ3) is 4.04. The lowest BCUT2D eigenvalue weighted by molar-refractivity contribution is 0.150. The highest BCUT2D eigenvalue weighted by atomic mass is 79.9. The summed E-state index contributed by atoms with van der Waals surface area (Å²) in [5, 5.41) is 3.04. The molecule has 0 radical (unpaired) electrons. The van der Waals surface area contributed by atoms with E-state index in [1.165, 1.54) is 12.3 Å². The van der Waals surface area contributed by atoms with Gasteiger partial charge in [-0.25, -0.2) is 13.8 Å². The number of pyridine rings is 1. The van der Waals surface area contributed by atoms with Crippen LogP contribution < -0.4 is 5.32 Å². The number of aromatic nitrogens is 1. The number of alkyl halides is 2. The van der Waals surface area contributed by atoms with Crippen molar-refractivity contribution in [3.8, 4) is 0 Å². The van der Waals surface area contributed by atoms with E-state index in [0.717, 1.165) is 25.8 Å². The van der Waals surface area contributed by atoms with Gasteiger partial charge < -0.3 is 5.32 Å². The van der Waals surface area contributed by atoms with E-state index >= 15 is 0 Å². The Morgan fingerprint density at radius 2 is 2.19 bits per heavy atom. The molecule has 0 spiro atoms. The number of nitrogens with zero attached hydrogens (tertiary/aromatic N) is 1. The number of nitrogens with one attached hydrogen (secondary N) is 1. The van der Waals surface area contributed by atoms with Crippen LogP contribution in [0.1, 0.15) is 38.2 Å². The number of halogens is 3. The molecule has 0 saturated carbocycles. The van der Waals surface area contributed by atoms with E-state index in [1.54, 1.807) is 0 Å². The van der Waals surface area contributed by atoms with Crippen LogP contribution in [0.25, 0.3) is 0 Å². The zero-order valence-electron chi connectivity index (χ0n) is 9.14. The molecule has 1 aromatic rings. The summed E-state index contributed by atoms with van der Waals surface area (Å²) in [6, 6.07) is 1.39. The zero-order valence-corrected chi connectivity index (χ0v) is 10.7. The van der Waals surface area contributed by atoms with Crippen molar-refractivity contribution >= 4 is 21.7 Å². The van der Waals surface area contributed by atoms with E-state index in [2.05, 4.69) is 33.2 Å². The third-order valence-electron chi connectivity index (χ3n) is 2.21.